The Morgan fingerprint density at radius 1 is 0.778 bits per heavy atom. The summed E-state index contributed by atoms with van der Waals surface area (Å²) in [5.74, 6) is 0.167. The summed E-state index contributed by atoms with van der Waals surface area (Å²) in [5.41, 5.74) is 0. The van der Waals surface area contributed by atoms with Gasteiger partial charge in [0.25, 0.3) is 0 Å². The lowest BCUT2D eigenvalue weighted by Crippen LogP contribution is -1.69. The third-order valence-corrected chi connectivity index (χ3v) is 1.62. The molecule has 0 aliphatic rings. The summed E-state index contributed by atoms with van der Waals surface area (Å²) in [6, 6.07) is 12.0. The van der Waals surface area contributed by atoms with E-state index >= 15 is 0 Å². The molecule has 1 aromatic carbocycles. The van der Waals surface area contributed by atoms with E-state index in [-0.39, 0.29) is 5.78 Å². The summed E-state index contributed by atoms with van der Waals surface area (Å²) in [5, 5.41) is 7.00. The first-order chi connectivity index (χ1) is 8.65. The van der Waals surface area contributed by atoms with Gasteiger partial charge in [-0.3, -0.25) is 0 Å². The van der Waals surface area contributed by atoms with E-state index in [1.165, 1.54) is 39.5 Å². The average molecular weight is 254 g/mol. The Morgan fingerprint density at radius 3 is 1.06 bits per heavy atom. The van der Waals surface area contributed by atoms with Gasteiger partial charge in [0, 0.05) is 7.11 Å². The van der Waals surface area contributed by atoms with Gasteiger partial charge in [0.05, 0.1) is 0 Å². The molecule has 0 spiro atoms. The van der Waals surface area contributed by atoms with Crippen molar-refractivity contribution in [3.05, 3.63) is 36.4 Å². The highest BCUT2D eigenvalue weighted by Crippen LogP contribution is 1.95. The van der Waals surface area contributed by atoms with E-state index in [1.54, 1.807) is 0 Å². The quantitative estimate of drug-likeness (QED) is 0.808. The predicted molar refractivity (Wildman–Crippen MR) is 80.8 cm³/mol. The smallest absolute Gasteiger partial charge is 0.126 e. The van der Waals surface area contributed by atoms with Crippen molar-refractivity contribution in [2.45, 2.75) is 53.4 Å². The number of carbonyl (C=O) groups is 1. The minimum Gasteiger partial charge on any atom is -0.400 e. The second kappa shape index (κ2) is 24.9. The first-order valence-corrected chi connectivity index (χ1v) is 6.57. The Morgan fingerprint density at radius 2 is 0.944 bits per heavy atom. The second-order valence-corrected chi connectivity index (χ2v) is 3.77. The molecule has 106 valence electrons. The molecule has 1 aromatic rings. The van der Waals surface area contributed by atoms with Crippen LogP contribution >= 0.6 is 0 Å². The molecule has 0 aliphatic carbocycles. The van der Waals surface area contributed by atoms with Gasteiger partial charge in [-0.2, -0.15) is 0 Å². The van der Waals surface area contributed by atoms with Crippen molar-refractivity contribution >= 4 is 5.78 Å². The summed E-state index contributed by atoms with van der Waals surface area (Å²) in [6.07, 6.45) is 5.54. The standard InChI is InChI=1S/C6H6.C6H14.C3H6O.CH4O/c1-2-4-6-5-3-1;1-3-5-6-4-2;1-3(2)4;1-2/h1-6H;3-6H2,1-2H3;1-2H3;2H,1H3. The van der Waals surface area contributed by atoms with Gasteiger partial charge in [-0.05, 0) is 13.8 Å². The number of unbranched alkanes of at least 4 members (excludes halogenated alkanes) is 3. The number of benzene rings is 1. The Bertz CT molecular complexity index is 185. The number of rotatable bonds is 3. The zero-order chi connectivity index (χ0) is 14.6. The summed E-state index contributed by atoms with van der Waals surface area (Å²) >= 11 is 0. The second-order valence-electron chi connectivity index (χ2n) is 3.77. The van der Waals surface area contributed by atoms with Crippen LogP contribution in [0.4, 0.5) is 0 Å². The SMILES string of the molecule is CC(C)=O.CCCCCC.CO.c1ccccc1. The number of Topliss-reactive ketones (excluding diaryl/α,β-unsaturated/α-hetero) is 1. The molecule has 0 unspecified atom stereocenters. The molecule has 18 heavy (non-hydrogen) atoms. The number of hydrogen-bond acceptors (Lipinski definition) is 2. The molecule has 2 heteroatoms. The van der Waals surface area contributed by atoms with Crippen molar-refractivity contribution in [1.82, 2.24) is 0 Å². The average Bonchev–Trinajstić information content (AvgIpc) is 2.41. The van der Waals surface area contributed by atoms with Crippen LogP contribution in [0.5, 0.6) is 0 Å². The van der Waals surface area contributed by atoms with Gasteiger partial charge in [0.1, 0.15) is 5.78 Å². The molecule has 0 atom stereocenters. The van der Waals surface area contributed by atoms with Crippen LogP contribution in [0, 0.1) is 0 Å². The molecule has 0 heterocycles. The van der Waals surface area contributed by atoms with Crippen LogP contribution < -0.4 is 0 Å². The molecule has 0 bridgehead atoms. The number of aliphatic hydroxyl groups is 1. The van der Waals surface area contributed by atoms with Crippen LogP contribution in [0.1, 0.15) is 53.4 Å². The van der Waals surface area contributed by atoms with Crippen LogP contribution in [-0.4, -0.2) is 18.0 Å². The number of carbonyl (C=O) groups excluding carboxylic acids is 1. The highest BCUT2D eigenvalue weighted by Gasteiger charge is 1.75. The van der Waals surface area contributed by atoms with Crippen LogP contribution in [-0.2, 0) is 4.79 Å². The van der Waals surface area contributed by atoms with E-state index < -0.39 is 0 Å². The van der Waals surface area contributed by atoms with Crippen molar-refractivity contribution in [2.24, 2.45) is 0 Å². The predicted octanol–water partition coefficient (Wildman–Crippen LogP) is 4.48. The van der Waals surface area contributed by atoms with E-state index in [2.05, 4.69) is 13.8 Å². The Labute approximate surface area is 113 Å². The van der Waals surface area contributed by atoms with Crippen molar-refractivity contribution < 1.29 is 9.90 Å². The lowest BCUT2D eigenvalue weighted by molar-refractivity contribution is -0.114. The first-order valence-electron chi connectivity index (χ1n) is 6.57. The summed E-state index contributed by atoms with van der Waals surface area (Å²) in [4.78, 5) is 9.44. The molecular formula is C16H30O2. The number of aliphatic hydroxyl groups excluding tert-OH is 1. The molecular weight excluding hydrogens is 224 g/mol. The number of hydrogen-bond donors (Lipinski definition) is 1. The zero-order valence-electron chi connectivity index (χ0n) is 12.6. The molecule has 0 saturated carbocycles. The lowest BCUT2D eigenvalue weighted by atomic mass is 10.2. The first kappa shape index (κ1) is 22.1. The topological polar surface area (TPSA) is 37.3 Å². The fourth-order valence-electron chi connectivity index (χ4n) is 0.885. The maximum absolute atomic E-state index is 9.44. The Hall–Kier alpha value is -1.15. The Kier molecular flexibility index (Phi) is 30.5. The van der Waals surface area contributed by atoms with E-state index in [1.807, 2.05) is 36.4 Å². The molecule has 2 nitrogen and oxygen atoms in total. The van der Waals surface area contributed by atoms with Gasteiger partial charge < -0.3 is 9.90 Å². The zero-order valence-corrected chi connectivity index (χ0v) is 12.6. The molecule has 0 radical (unpaired) electrons. The Balaban J connectivity index is -0.000000179. The maximum Gasteiger partial charge on any atom is 0.126 e. The molecule has 0 fully saturated rings. The lowest BCUT2D eigenvalue weighted by Gasteiger charge is -1.86. The van der Waals surface area contributed by atoms with E-state index in [4.69, 9.17) is 5.11 Å². The fourth-order valence-corrected chi connectivity index (χ4v) is 0.885. The summed E-state index contributed by atoms with van der Waals surface area (Å²) in [7, 11) is 1.00. The van der Waals surface area contributed by atoms with Crippen molar-refractivity contribution in [3.63, 3.8) is 0 Å². The molecule has 0 amide bonds. The van der Waals surface area contributed by atoms with E-state index in [0.717, 1.165) is 7.11 Å². The summed E-state index contributed by atoms with van der Waals surface area (Å²) < 4.78 is 0. The fraction of sp³-hybridized carbons (Fsp3) is 0.562. The van der Waals surface area contributed by atoms with Crippen molar-refractivity contribution in [3.8, 4) is 0 Å². The van der Waals surface area contributed by atoms with E-state index in [0.29, 0.717) is 0 Å². The van der Waals surface area contributed by atoms with Crippen LogP contribution in [0.25, 0.3) is 0 Å². The highest BCUT2D eigenvalue weighted by atomic mass is 16.2. The van der Waals surface area contributed by atoms with E-state index in [9.17, 15) is 4.79 Å². The van der Waals surface area contributed by atoms with Crippen LogP contribution in [0.3, 0.4) is 0 Å². The van der Waals surface area contributed by atoms with Gasteiger partial charge in [0.15, 0.2) is 0 Å². The maximum atomic E-state index is 9.44. The number of ketones is 1. The largest absolute Gasteiger partial charge is 0.400 e. The highest BCUT2D eigenvalue weighted by molar-refractivity contribution is 5.72. The van der Waals surface area contributed by atoms with Crippen LogP contribution in [0.2, 0.25) is 0 Å². The third-order valence-electron chi connectivity index (χ3n) is 1.62. The normalized spacial score (nSPS) is 7.44. The van der Waals surface area contributed by atoms with Crippen molar-refractivity contribution in [1.29, 1.82) is 0 Å². The molecule has 1 N–H and O–H groups in total. The monoisotopic (exact) mass is 254 g/mol. The molecule has 0 aliphatic heterocycles. The van der Waals surface area contributed by atoms with Gasteiger partial charge in [-0.15, -0.1) is 0 Å². The van der Waals surface area contributed by atoms with Gasteiger partial charge in [-0.25, -0.2) is 0 Å². The van der Waals surface area contributed by atoms with Gasteiger partial charge in [-0.1, -0.05) is 75.9 Å². The van der Waals surface area contributed by atoms with Crippen molar-refractivity contribution in [2.75, 3.05) is 7.11 Å². The minimum absolute atomic E-state index is 0.167. The molecule has 0 saturated heterocycles. The third kappa shape index (κ3) is 46.2. The molecule has 0 aromatic heterocycles. The van der Waals surface area contributed by atoms with Crippen LogP contribution in [0.15, 0.2) is 36.4 Å². The minimum atomic E-state index is 0.167. The van der Waals surface area contributed by atoms with Gasteiger partial charge in [0.2, 0.25) is 0 Å². The molecule has 1 rings (SSSR count). The van der Waals surface area contributed by atoms with Gasteiger partial charge >= 0.3 is 0 Å². The summed E-state index contributed by atoms with van der Waals surface area (Å²) in [6.45, 7) is 7.52.